The van der Waals surface area contributed by atoms with Crippen LogP contribution in [0.4, 0.5) is 0 Å². The zero-order valence-electron chi connectivity index (χ0n) is 11.7. The van der Waals surface area contributed by atoms with Crippen molar-refractivity contribution in [3.05, 3.63) is 22.4 Å². The molecule has 1 aromatic rings. The number of hydrogen-bond acceptors (Lipinski definition) is 3. The summed E-state index contributed by atoms with van der Waals surface area (Å²) in [5, 5.41) is 2.03. The normalized spacial score (nSPS) is 23.3. The largest absolute Gasteiger partial charge is 0.339 e. The minimum absolute atomic E-state index is 0.282. The van der Waals surface area contributed by atoms with Crippen molar-refractivity contribution in [2.45, 2.75) is 57.5 Å². The molecule has 1 saturated carbocycles. The van der Waals surface area contributed by atoms with Crippen LogP contribution in [0, 0.1) is 0 Å². The molecule has 0 bridgehead atoms. The molecule has 0 saturated heterocycles. The zero-order chi connectivity index (χ0) is 13.7. The second-order valence-corrected chi connectivity index (χ2v) is 6.44. The van der Waals surface area contributed by atoms with Crippen molar-refractivity contribution in [3.8, 4) is 0 Å². The van der Waals surface area contributed by atoms with Crippen LogP contribution in [-0.4, -0.2) is 29.4 Å². The molecule has 1 amide bonds. The fraction of sp³-hybridized carbons (Fsp3) is 0.667. The van der Waals surface area contributed by atoms with E-state index < -0.39 is 0 Å². The summed E-state index contributed by atoms with van der Waals surface area (Å²) in [5.74, 6) is 0.282. The highest BCUT2D eigenvalue weighted by Gasteiger charge is 2.27. The van der Waals surface area contributed by atoms with Crippen LogP contribution in [0.1, 0.15) is 43.9 Å². The summed E-state index contributed by atoms with van der Waals surface area (Å²) in [5.41, 5.74) is 5.96. The first kappa shape index (κ1) is 14.5. The summed E-state index contributed by atoms with van der Waals surface area (Å²) in [6, 6.07) is 4.81. The summed E-state index contributed by atoms with van der Waals surface area (Å²) >= 11 is 1.67. The van der Waals surface area contributed by atoms with Gasteiger partial charge in [0.25, 0.3) is 0 Å². The average molecular weight is 280 g/mol. The van der Waals surface area contributed by atoms with Crippen molar-refractivity contribution in [2.24, 2.45) is 5.73 Å². The van der Waals surface area contributed by atoms with Crippen molar-refractivity contribution in [3.63, 3.8) is 0 Å². The predicted molar refractivity (Wildman–Crippen MR) is 80.3 cm³/mol. The first-order chi connectivity index (χ1) is 9.20. The first-order valence-electron chi connectivity index (χ1n) is 7.28. The second kappa shape index (κ2) is 7.06. The lowest BCUT2D eigenvalue weighted by Crippen LogP contribution is -2.45. The van der Waals surface area contributed by atoms with Gasteiger partial charge in [0.15, 0.2) is 0 Å². The van der Waals surface area contributed by atoms with Crippen LogP contribution >= 0.6 is 11.3 Å². The van der Waals surface area contributed by atoms with E-state index in [2.05, 4.69) is 11.8 Å². The Morgan fingerprint density at radius 3 is 2.74 bits per heavy atom. The maximum Gasteiger partial charge on any atom is 0.228 e. The van der Waals surface area contributed by atoms with Gasteiger partial charge in [-0.2, -0.15) is 0 Å². The van der Waals surface area contributed by atoms with Crippen LogP contribution < -0.4 is 5.73 Å². The molecule has 0 atom stereocenters. The monoisotopic (exact) mass is 280 g/mol. The molecular weight excluding hydrogens is 256 g/mol. The molecular formula is C15H24N2OS. The standard InChI is InChI=1S/C15H24N2OS/c1-2-9-17(13-7-5-12(16)6-8-13)15(18)11-14-4-3-10-19-14/h3-4,10,12-13H,2,5-9,11,16H2,1H3. The quantitative estimate of drug-likeness (QED) is 0.901. The van der Waals surface area contributed by atoms with Gasteiger partial charge in [0.2, 0.25) is 5.91 Å². The lowest BCUT2D eigenvalue weighted by Gasteiger charge is -2.36. The van der Waals surface area contributed by atoms with Gasteiger partial charge in [0, 0.05) is 23.5 Å². The van der Waals surface area contributed by atoms with E-state index in [0.29, 0.717) is 18.5 Å². The van der Waals surface area contributed by atoms with Crippen molar-refractivity contribution >= 4 is 17.2 Å². The van der Waals surface area contributed by atoms with E-state index >= 15 is 0 Å². The molecule has 0 spiro atoms. The third-order valence-corrected chi connectivity index (χ3v) is 4.75. The van der Waals surface area contributed by atoms with Crippen LogP contribution in [0.5, 0.6) is 0 Å². The lowest BCUT2D eigenvalue weighted by molar-refractivity contribution is -0.133. The number of rotatable bonds is 5. The van der Waals surface area contributed by atoms with Crippen molar-refractivity contribution in [1.29, 1.82) is 0 Å². The summed E-state index contributed by atoms with van der Waals surface area (Å²) < 4.78 is 0. The van der Waals surface area contributed by atoms with Crippen molar-refractivity contribution in [1.82, 2.24) is 4.90 Å². The van der Waals surface area contributed by atoms with Crippen molar-refractivity contribution < 1.29 is 4.79 Å². The van der Waals surface area contributed by atoms with Crippen LogP contribution in [0.3, 0.4) is 0 Å². The molecule has 1 aromatic heterocycles. The Balaban J connectivity index is 1.96. The van der Waals surface area contributed by atoms with Crippen LogP contribution in [0.2, 0.25) is 0 Å². The minimum atomic E-state index is 0.282. The number of carbonyl (C=O) groups excluding carboxylic acids is 1. The molecule has 4 heteroatoms. The van der Waals surface area contributed by atoms with E-state index in [4.69, 9.17) is 5.73 Å². The van der Waals surface area contributed by atoms with Gasteiger partial charge in [-0.15, -0.1) is 11.3 Å². The molecule has 0 unspecified atom stereocenters. The molecule has 1 aliphatic carbocycles. The predicted octanol–water partition coefficient (Wildman–Crippen LogP) is 2.80. The van der Waals surface area contributed by atoms with Gasteiger partial charge < -0.3 is 10.6 Å². The van der Waals surface area contributed by atoms with Gasteiger partial charge in [-0.05, 0) is 43.6 Å². The second-order valence-electron chi connectivity index (χ2n) is 5.41. The minimum Gasteiger partial charge on any atom is -0.339 e. The van der Waals surface area contributed by atoms with Gasteiger partial charge >= 0.3 is 0 Å². The fourth-order valence-corrected chi connectivity index (χ4v) is 3.52. The smallest absolute Gasteiger partial charge is 0.228 e. The number of amides is 1. The van der Waals surface area contributed by atoms with E-state index in [1.54, 1.807) is 11.3 Å². The molecule has 0 radical (unpaired) electrons. The maximum absolute atomic E-state index is 12.5. The van der Waals surface area contributed by atoms with Gasteiger partial charge in [-0.1, -0.05) is 13.0 Å². The van der Waals surface area contributed by atoms with E-state index in [0.717, 1.165) is 38.6 Å². The van der Waals surface area contributed by atoms with Crippen molar-refractivity contribution in [2.75, 3.05) is 6.54 Å². The van der Waals surface area contributed by atoms with Gasteiger partial charge in [-0.3, -0.25) is 4.79 Å². The molecule has 19 heavy (non-hydrogen) atoms. The van der Waals surface area contributed by atoms with Crippen LogP contribution in [0.25, 0.3) is 0 Å². The summed E-state index contributed by atoms with van der Waals surface area (Å²) in [7, 11) is 0. The molecule has 0 aliphatic heterocycles. The Bertz CT molecular complexity index is 383. The Labute approximate surface area is 119 Å². The number of nitrogens with two attached hydrogens (primary N) is 1. The van der Waals surface area contributed by atoms with Crippen LogP contribution in [0.15, 0.2) is 17.5 Å². The average Bonchev–Trinajstić information content (AvgIpc) is 2.90. The van der Waals surface area contributed by atoms with E-state index in [-0.39, 0.29) is 5.91 Å². The number of thiophene rings is 1. The number of nitrogens with zero attached hydrogens (tertiary/aromatic N) is 1. The van der Waals surface area contributed by atoms with E-state index in [1.165, 1.54) is 4.88 Å². The first-order valence-corrected chi connectivity index (χ1v) is 8.16. The Morgan fingerprint density at radius 1 is 1.42 bits per heavy atom. The summed E-state index contributed by atoms with van der Waals surface area (Å²) in [4.78, 5) is 15.8. The van der Waals surface area contributed by atoms with E-state index in [9.17, 15) is 4.79 Å². The molecule has 3 nitrogen and oxygen atoms in total. The van der Waals surface area contributed by atoms with Gasteiger partial charge in [0.1, 0.15) is 0 Å². The molecule has 1 aliphatic rings. The lowest BCUT2D eigenvalue weighted by atomic mass is 9.90. The molecule has 1 heterocycles. The maximum atomic E-state index is 12.5. The molecule has 1 fully saturated rings. The summed E-state index contributed by atoms with van der Waals surface area (Å²) in [6.07, 6.45) is 5.82. The Morgan fingerprint density at radius 2 is 2.16 bits per heavy atom. The highest BCUT2D eigenvalue weighted by atomic mass is 32.1. The Kier molecular flexibility index (Phi) is 5.40. The van der Waals surface area contributed by atoms with Gasteiger partial charge in [0.05, 0.1) is 6.42 Å². The molecule has 2 rings (SSSR count). The SMILES string of the molecule is CCCN(C(=O)Cc1cccs1)C1CCC(N)CC1. The highest BCUT2D eigenvalue weighted by molar-refractivity contribution is 7.10. The zero-order valence-corrected chi connectivity index (χ0v) is 12.5. The highest BCUT2D eigenvalue weighted by Crippen LogP contribution is 2.23. The molecule has 2 N–H and O–H groups in total. The Hall–Kier alpha value is -0.870. The van der Waals surface area contributed by atoms with Crippen LogP contribution in [-0.2, 0) is 11.2 Å². The third-order valence-electron chi connectivity index (χ3n) is 3.87. The van der Waals surface area contributed by atoms with E-state index in [1.807, 2.05) is 17.5 Å². The molecule has 0 aromatic carbocycles. The topological polar surface area (TPSA) is 46.3 Å². The fourth-order valence-electron chi connectivity index (χ4n) is 2.83. The van der Waals surface area contributed by atoms with Gasteiger partial charge in [-0.25, -0.2) is 0 Å². The third kappa shape index (κ3) is 4.05. The number of carbonyl (C=O) groups is 1. The number of hydrogen-bond donors (Lipinski definition) is 1. The summed E-state index contributed by atoms with van der Waals surface area (Å²) in [6.45, 7) is 3.02. The molecule has 106 valence electrons.